The highest BCUT2D eigenvalue weighted by molar-refractivity contribution is 7.09. The number of nitrogens with zero attached hydrogens (tertiary/aromatic N) is 3. The minimum absolute atomic E-state index is 0.484. The second-order valence-electron chi connectivity index (χ2n) is 5.24. The molecule has 110 valence electrons. The van der Waals surface area contributed by atoms with Crippen LogP contribution in [0.2, 0.25) is 0 Å². The van der Waals surface area contributed by atoms with Crippen molar-refractivity contribution in [3.8, 4) is 5.88 Å². The first-order chi connectivity index (χ1) is 9.52. The molecular formula is C15H23N3OS. The molecule has 1 atom stereocenters. The van der Waals surface area contributed by atoms with Gasteiger partial charge in [0.1, 0.15) is 0 Å². The van der Waals surface area contributed by atoms with E-state index in [9.17, 15) is 0 Å². The van der Waals surface area contributed by atoms with Crippen molar-refractivity contribution in [1.29, 1.82) is 0 Å². The summed E-state index contributed by atoms with van der Waals surface area (Å²) in [5.74, 6) is 0.859. The van der Waals surface area contributed by atoms with Crippen LogP contribution in [-0.4, -0.2) is 34.9 Å². The number of aryl methyl sites for hydroxylation is 2. The molecule has 2 aromatic rings. The van der Waals surface area contributed by atoms with Crippen molar-refractivity contribution < 1.29 is 4.74 Å². The van der Waals surface area contributed by atoms with Gasteiger partial charge >= 0.3 is 0 Å². The molecule has 0 saturated carbocycles. The highest BCUT2D eigenvalue weighted by Gasteiger charge is 2.18. The standard InChI is InChI=1S/C15H23N3OS/c1-11(9-13-7-6-8-20-13)17(3)10-14-12(2)16-18(4)15(14)19-5/h6-8,11H,9-10H2,1-5H3/t11-/m0/s1. The molecule has 0 N–H and O–H groups in total. The summed E-state index contributed by atoms with van der Waals surface area (Å²) in [6, 6.07) is 4.80. The van der Waals surface area contributed by atoms with Crippen LogP contribution in [0.4, 0.5) is 0 Å². The van der Waals surface area contributed by atoms with Crippen LogP contribution in [0.3, 0.4) is 0 Å². The summed E-state index contributed by atoms with van der Waals surface area (Å²) in [6.45, 7) is 5.16. The topological polar surface area (TPSA) is 30.3 Å². The number of hydrogen-bond donors (Lipinski definition) is 0. The van der Waals surface area contributed by atoms with Gasteiger partial charge < -0.3 is 4.74 Å². The van der Waals surface area contributed by atoms with Crippen molar-refractivity contribution >= 4 is 11.3 Å². The predicted molar refractivity (Wildman–Crippen MR) is 83.4 cm³/mol. The lowest BCUT2D eigenvalue weighted by molar-refractivity contribution is 0.244. The molecule has 2 aromatic heterocycles. The largest absolute Gasteiger partial charge is 0.481 e. The van der Waals surface area contributed by atoms with Crippen molar-refractivity contribution in [2.24, 2.45) is 7.05 Å². The van der Waals surface area contributed by atoms with Gasteiger partial charge in [0.2, 0.25) is 5.88 Å². The quantitative estimate of drug-likeness (QED) is 0.820. The minimum atomic E-state index is 0.484. The summed E-state index contributed by atoms with van der Waals surface area (Å²) < 4.78 is 7.27. The van der Waals surface area contributed by atoms with Crippen molar-refractivity contribution in [1.82, 2.24) is 14.7 Å². The molecule has 5 heteroatoms. The normalized spacial score (nSPS) is 12.9. The third-order valence-electron chi connectivity index (χ3n) is 3.72. The zero-order valence-electron chi connectivity index (χ0n) is 12.9. The monoisotopic (exact) mass is 293 g/mol. The number of methoxy groups -OCH3 is 1. The first-order valence-electron chi connectivity index (χ1n) is 6.82. The van der Waals surface area contributed by atoms with E-state index >= 15 is 0 Å². The molecule has 0 aliphatic heterocycles. The van der Waals surface area contributed by atoms with E-state index in [-0.39, 0.29) is 0 Å². The fraction of sp³-hybridized carbons (Fsp3) is 0.533. The van der Waals surface area contributed by atoms with Crippen molar-refractivity contribution in [2.45, 2.75) is 32.9 Å². The second-order valence-corrected chi connectivity index (χ2v) is 6.28. The van der Waals surface area contributed by atoms with E-state index < -0.39 is 0 Å². The number of hydrogen-bond acceptors (Lipinski definition) is 4. The van der Waals surface area contributed by atoms with E-state index in [1.54, 1.807) is 7.11 Å². The molecule has 0 fully saturated rings. The SMILES string of the molecule is COc1c(CN(C)[C@@H](C)Cc2cccs2)c(C)nn1C. The van der Waals surface area contributed by atoms with Crippen molar-refractivity contribution in [2.75, 3.05) is 14.2 Å². The summed E-state index contributed by atoms with van der Waals surface area (Å²) in [6.07, 6.45) is 1.08. The Labute approximate surface area is 125 Å². The van der Waals surface area contributed by atoms with Gasteiger partial charge in [-0.1, -0.05) is 6.07 Å². The summed E-state index contributed by atoms with van der Waals surface area (Å²) in [7, 11) is 5.78. The Bertz CT molecular complexity index is 548. The number of aromatic nitrogens is 2. The third kappa shape index (κ3) is 3.22. The molecule has 2 rings (SSSR count). The summed E-state index contributed by atoms with van der Waals surface area (Å²) in [4.78, 5) is 3.78. The van der Waals surface area contributed by atoms with Crippen molar-refractivity contribution in [3.05, 3.63) is 33.6 Å². The Morgan fingerprint density at radius 3 is 2.85 bits per heavy atom. The fourth-order valence-corrected chi connectivity index (χ4v) is 3.23. The second kappa shape index (κ2) is 6.41. The van der Waals surface area contributed by atoms with E-state index in [2.05, 4.69) is 41.5 Å². The van der Waals surface area contributed by atoms with Gasteiger partial charge in [0.25, 0.3) is 0 Å². The van der Waals surface area contributed by atoms with Crippen LogP contribution in [0, 0.1) is 6.92 Å². The smallest absolute Gasteiger partial charge is 0.216 e. The zero-order chi connectivity index (χ0) is 14.7. The van der Waals surface area contributed by atoms with Gasteiger partial charge in [-0.05, 0) is 38.8 Å². The van der Waals surface area contributed by atoms with Crippen LogP contribution in [0.15, 0.2) is 17.5 Å². The van der Waals surface area contributed by atoms with Gasteiger partial charge in [-0.2, -0.15) is 5.10 Å². The Kier molecular flexibility index (Phi) is 4.83. The maximum atomic E-state index is 5.46. The first kappa shape index (κ1) is 15.1. The zero-order valence-corrected chi connectivity index (χ0v) is 13.7. The van der Waals surface area contributed by atoms with Crippen LogP contribution in [0.1, 0.15) is 23.1 Å². The van der Waals surface area contributed by atoms with Gasteiger partial charge in [-0.3, -0.25) is 4.90 Å². The van der Waals surface area contributed by atoms with Crippen LogP contribution in [0.5, 0.6) is 5.88 Å². The minimum Gasteiger partial charge on any atom is -0.481 e. The van der Waals surface area contributed by atoms with Crippen LogP contribution >= 0.6 is 11.3 Å². The molecule has 0 radical (unpaired) electrons. The maximum absolute atomic E-state index is 5.46. The molecule has 0 bridgehead atoms. The molecule has 20 heavy (non-hydrogen) atoms. The molecule has 0 spiro atoms. The number of ether oxygens (including phenoxy) is 1. The highest BCUT2D eigenvalue weighted by atomic mass is 32.1. The number of thiophene rings is 1. The molecule has 2 heterocycles. The lowest BCUT2D eigenvalue weighted by Gasteiger charge is -2.24. The van der Waals surface area contributed by atoms with Crippen molar-refractivity contribution in [3.63, 3.8) is 0 Å². The van der Waals surface area contributed by atoms with E-state index in [1.165, 1.54) is 10.4 Å². The molecule has 0 aliphatic rings. The summed E-state index contributed by atoms with van der Waals surface area (Å²) >= 11 is 1.82. The molecule has 0 aromatic carbocycles. The van der Waals surface area contributed by atoms with Gasteiger partial charge in [0.15, 0.2) is 0 Å². The lowest BCUT2D eigenvalue weighted by Crippen LogP contribution is -2.30. The van der Waals surface area contributed by atoms with Gasteiger partial charge in [0, 0.05) is 24.5 Å². The third-order valence-corrected chi connectivity index (χ3v) is 4.62. The van der Waals surface area contributed by atoms with Crippen LogP contribution < -0.4 is 4.74 Å². The van der Waals surface area contributed by atoms with E-state index in [4.69, 9.17) is 4.74 Å². The molecule has 0 amide bonds. The summed E-state index contributed by atoms with van der Waals surface area (Å²) in [5.41, 5.74) is 2.22. The van der Waals surface area contributed by atoms with Crippen LogP contribution in [-0.2, 0) is 20.0 Å². The highest BCUT2D eigenvalue weighted by Crippen LogP contribution is 2.23. The molecule has 0 unspecified atom stereocenters. The van der Waals surface area contributed by atoms with Gasteiger partial charge in [-0.15, -0.1) is 11.3 Å². The average molecular weight is 293 g/mol. The fourth-order valence-electron chi connectivity index (χ4n) is 2.40. The lowest BCUT2D eigenvalue weighted by atomic mass is 10.1. The first-order valence-corrected chi connectivity index (χ1v) is 7.70. The van der Waals surface area contributed by atoms with Gasteiger partial charge in [-0.25, -0.2) is 4.68 Å². The van der Waals surface area contributed by atoms with E-state index in [1.807, 2.05) is 30.0 Å². The van der Waals surface area contributed by atoms with E-state index in [0.717, 1.165) is 24.5 Å². The molecule has 0 aliphatic carbocycles. The molecule has 4 nitrogen and oxygen atoms in total. The van der Waals surface area contributed by atoms with Gasteiger partial charge in [0.05, 0.1) is 18.4 Å². The van der Waals surface area contributed by atoms with Crippen LogP contribution in [0.25, 0.3) is 0 Å². The predicted octanol–water partition coefficient (Wildman–Crippen LogP) is 2.86. The Morgan fingerprint density at radius 1 is 1.50 bits per heavy atom. The van der Waals surface area contributed by atoms with E-state index in [0.29, 0.717) is 6.04 Å². The number of rotatable bonds is 6. The Balaban J connectivity index is 2.05. The summed E-state index contributed by atoms with van der Waals surface area (Å²) in [5, 5.41) is 6.57. The Hall–Kier alpha value is -1.33. The molecular weight excluding hydrogens is 270 g/mol. The Morgan fingerprint density at radius 2 is 2.25 bits per heavy atom. The molecule has 0 saturated heterocycles. The number of likely N-dealkylation sites (N-methyl/N-ethyl adjacent to an activating group) is 1. The average Bonchev–Trinajstić information content (AvgIpc) is 2.98. The maximum Gasteiger partial charge on any atom is 0.216 e.